The summed E-state index contributed by atoms with van der Waals surface area (Å²) in [4.78, 5) is 66.7. The fourth-order valence-electron chi connectivity index (χ4n) is 13.7. The van der Waals surface area contributed by atoms with Gasteiger partial charge >= 0.3 is 23.9 Å². The first kappa shape index (κ1) is 44.0. The van der Waals surface area contributed by atoms with Gasteiger partial charge in [-0.25, -0.2) is 0 Å². The number of hydrogen-bond donors (Lipinski definition) is 2. The minimum atomic E-state index is -0.954. The number of carbonyl (C=O) groups is 5. The van der Waals surface area contributed by atoms with E-state index >= 15 is 0 Å². The van der Waals surface area contributed by atoms with Gasteiger partial charge in [-0.05, 0) is 159 Å². The van der Waals surface area contributed by atoms with E-state index in [2.05, 4.69) is 16.8 Å². The Morgan fingerprint density at radius 1 is 0.681 bits per heavy atom. The highest BCUT2D eigenvalue weighted by atomic mass is 16.6. The first-order valence-electron chi connectivity index (χ1n) is 25.8. The van der Waals surface area contributed by atoms with Gasteiger partial charge in [-0.15, -0.1) is 0 Å². The van der Waals surface area contributed by atoms with Crippen LogP contribution in [0.15, 0.2) is 36.1 Å². The first-order chi connectivity index (χ1) is 33.3. The molecule has 2 aromatic rings. The molecule has 4 bridgehead atoms. The maximum atomic E-state index is 13.3. The Labute approximate surface area is 401 Å². The summed E-state index contributed by atoms with van der Waals surface area (Å²) in [6.45, 7) is 2.31. The van der Waals surface area contributed by atoms with E-state index in [1.54, 1.807) is 6.07 Å². The van der Waals surface area contributed by atoms with E-state index in [1.165, 1.54) is 12.8 Å². The standard InChI is InChI=1S/C29H31NO7.C17H19NO4.C8H12O2/c1-30-13-12-28-22-18-8-9-19(34-25(31)15-2-3-15)23(22)36-24(28)20(35-26(32)16-4-5-16)10-11-29(28,21(30)14-18)37-27(33)17-6-7-17;1-18-7-6-16-13-9-2-3-10(19)14(13)22-15(16)11(20)4-5-17(16,21)12(18)8-9;9-8(7-3-4-7)10-5-6-1-2-6/h8-10,15-17,21,24H,2-7,11-14H2,1H3;2-3,12,15,19,21H,4-8H2,1H3;6-7H,1-5H2/t21-,24+,28+,29-;12-,15+,16+,17-;/m11./s1. The highest BCUT2D eigenvalue weighted by Gasteiger charge is 2.76. The van der Waals surface area contributed by atoms with Crippen LogP contribution in [0.1, 0.15) is 119 Å². The number of Topliss-reactive ketones (excluding diaryl/α,β-unsaturated/α-hetero) is 1. The van der Waals surface area contributed by atoms with E-state index in [0.717, 1.165) is 93.1 Å². The number of likely N-dealkylation sites (tertiary alicyclic amines) is 2. The molecule has 0 unspecified atom stereocenters. The lowest BCUT2D eigenvalue weighted by Crippen LogP contribution is -2.76. The van der Waals surface area contributed by atoms with Gasteiger partial charge in [0, 0.05) is 30.0 Å². The molecule has 4 aliphatic heterocycles. The largest absolute Gasteiger partial charge is 0.504 e. The van der Waals surface area contributed by atoms with E-state index in [4.69, 9.17) is 28.4 Å². The minimum absolute atomic E-state index is 0.00319. The van der Waals surface area contributed by atoms with Gasteiger partial charge in [-0.3, -0.25) is 28.9 Å². The first-order valence-corrected chi connectivity index (χ1v) is 25.8. The lowest BCUT2D eigenvalue weighted by molar-refractivity contribution is -0.207. The molecule has 8 atom stereocenters. The quantitative estimate of drug-likeness (QED) is 0.188. The molecule has 9 aliphatic carbocycles. The maximum Gasteiger partial charge on any atom is 0.314 e. The molecule has 0 amide bonds. The molecule has 0 radical (unpaired) electrons. The highest BCUT2D eigenvalue weighted by Crippen LogP contribution is 2.68. The number of likely N-dealkylation sites (N-methyl/N-ethyl adjacent to an activating group) is 2. The van der Waals surface area contributed by atoms with Crippen molar-refractivity contribution in [3.05, 3.63) is 58.4 Å². The van der Waals surface area contributed by atoms with Gasteiger partial charge in [0.1, 0.15) is 11.4 Å². The van der Waals surface area contributed by atoms with Crippen molar-refractivity contribution in [2.45, 2.75) is 155 Å². The fraction of sp³-hybridized carbons (Fsp3) is 0.648. The Bertz CT molecular complexity index is 2610. The molecule has 15 rings (SSSR count). The molecule has 2 spiro atoms. The second kappa shape index (κ2) is 15.5. The van der Waals surface area contributed by atoms with Crippen molar-refractivity contribution >= 4 is 29.7 Å². The summed E-state index contributed by atoms with van der Waals surface area (Å²) in [5, 5.41) is 21.8. The number of ether oxygens (including phenoxy) is 6. The third-order valence-corrected chi connectivity index (χ3v) is 18.3. The zero-order valence-corrected chi connectivity index (χ0v) is 39.5. The summed E-state index contributed by atoms with van der Waals surface area (Å²) in [7, 11) is 4.14. The average Bonchev–Trinajstić information content (AvgIpc) is 4.11. The number of esters is 4. The van der Waals surface area contributed by atoms with Crippen molar-refractivity contribution in [2.24, 2.45) is 29.6 Å². The lowest BCUT2D eigenvalue weighted by Gasteiger charge is -2.62. The van der Waals surface area contributed by atoms with E-state index in [0.29, 0.717) is 74.1 Å². The van der Waals surface area contributed by atoms with Gasteiger partial charge in [0.2, 0.25) is 0 Å². The van der Waals surface area contributed by atoms with Crippen molar-refractivity contribution in [3.63, 3.8) is 0 Å². The second-order valence-corrected chi connectivity index (χ2v) is 22.7. The highest BCUT2D eigenvalue weighted by molar-refractivity contribution is 5.90. The molecule has 2 saturated heterocycles. The van der Waals surface area contributed by atoms with Crippen LogP contribution in [0.2, 0.25) is 0 Å². The summed E-state index contributed by atoms with van der Waals surface area (Å²) in [5.41, 5.74) is 0.896. The lowest BCUT2D eigenvalue weighted by atomic mass is 9.49. The summed E-state index contributed by atoms with van der Waals surface area (Å²) < 4.78 is 36.2. The monoisotopic (exact) mass is 946 g/mol. The van der Waals surface area contributed by atoms with E-state index in [-0.39, 0.29) is 71.2 Å². The van der Waals surface area contributed by atoms with Crippen LogP contribution < -0.4 is 14.2 Å². The smallest absolute Gasteiger partial charge is 0.314 e. The van der Waals surface area contributed by atoms with Crippen LogP contribution in [0.5, 0.6) is 23.0 Å². The number of ketones is 1. The molecular formula is C54H62N2O13. The number of phenols is 1. The number of phenolic OH excluding ortho intramolecular Hbond substituents is 1. The molecule has 0 aromatic heterocycles. The summed E-state index contributed by atoms with van der Waals surface area (Å²) in [6, 6.07) is 7.41. The Kier molecular flexibility index (Phi) is 9.88. The molecular weight excluding hydrogens is 885 g/mol. The van der Waals surface area contributed by atoms with Crippen molar-refractivity contribution in [2.75, 3.05) is 33.8 Å². The molecule has 13 aliphatic rings. The third-order valence-electron chi connectivity index (χ3n) is 18.3. The number of carbonyl (C=O) groups excluding carboxylic acids is 5. The zero-order chi connectivity index (χ0) is 47.4. The number of hydrogen-bond acceptors (Lipinski definition) is 15. The molecule has 366 valence electrons. The van der Waals surface area contributed by atoms with Crippen LogP contribution in [-0.4, -0.2) is 119 Å². The van der Waals surface area contributed by atoms with Crippen LogP contribution in [0, 0.1) is 29.6 Å². The maximum absolute atomic E-state index is 13.3. The van der Waals surface area contributed by atoms with Gasteiger partial charge in [-0.1, -0.05) is 12.1 Å². The Morgan fingerprint density at radius 3 is 1.94 bits per heavy atom. The molecule has 15 heteroatoms. The SMILES string of the molecule is CN1CC[C@]23c4c5ccc(O)c4O[C@H]2C(=O)CC[C@@]3(O)[C@H]1C5.CN1CC[C@]23c4c5ccc(OC(=O)C6CC6)c4O[C@H]2C(OC(=O)C2CC2)=CC[C@@]3(OC(=O)C2CC2)[C@H]1C5.O=C(OCC1CC1)C1CC1. The zero-order valence-electron chi connectivity index (χ0n) is 39.5. The normalized spacial score (nSPS) is 35.8. The predicted molar refractivity (Wildman–Crippen MR) is 243 cm³/mol. The van der Waals surface area contributed by atoms with Crippen molar-refractivity contribution < 1.29 is 62.6 Å². The van der Waals surface area contributed by atoms with E-state index < -0.39 is 34.2 Å². The Morgan fingerprint density at radius 2 is 1.26 bits per heavy atom. The van der Waals surface area contributed by atoms with Gasteiger partial charge in [0.25, 0.3) is 0 Å². The van der Waals surface area contributed by atoms with Crippen LogP contribution in [0.3, 0.4) is 0 Å². The summed E-state index contributed by atoms with van der Waals surface area (Å²) in [5.74, 6) is 2.32. The molecule has 4 heterocycles. The number of aliphatic hydroxyl groups is 1. The fourth-order valence-corrected chi connectivity index (χ4v) is 13.7. The summed E-state index contributed by atoms with van der Waals surface area (Å²) >= 11 is 0. The predicted octanol–water partition coefficient (Wildman–Crippen LogP) is 5.29. The van der Waals surface area contributed by atoms with Gasteiger partial charge < -0.3 is 43.5 Å². The second-order valence-electron chi connectivity index (χ2n) is 22.7. The van der Waals surface area contributed by atoms with E-state index in [1.807, 2.05) is 31.3 Å². The average molecular weight is 947 g/mol. The summed E-state index contributed by atoms with van der Waals surface area (Å²) in [6.07, 6.45) is 14.5. The molecule has 2 N–H and O–H groups in total. The number of aromatic hydroxyl groups is 1. The Balaban J connectivity index is 0.000000122. The number of rotatable bonds is 9. The van der Waals surface area contributed by atoms with Crippen molar-refractivity contribution in [1.29, 1.82) is 0 Å². The van der Waals surface area contributed by atoms with Crippen LogP contribution in [-0.2, 0) is 61.9 Å². The number of nitrogens with zero attached hydrogens (tertiary/aromatic N) is 2. The molecule has 2 aromatic carbocycles. The van der Waals surface area contributed by atoms with Crippen molar-refractivity contribution in [3.8, 4) is 23.0 Å². The number of benzene rings is 2. The molecule has 8 fully saturated rings. The van der Waals surface area contributed by atoms with E-state index in [9.17, 15) is 34.2 Å². The van der Waals surface area contributed by atoms with Crippen LogP contribution in [0.25, 0.3) is 0 Å². The topological polar surface area (TPSA) is 188 Å². The third kappa shape index (κ3) is 6.64. The number of piperidine rings is 2. The Hall–Kier alpha value is -4.99. The van der Waals surface area contributed by atoms with Crippen molar-refractivity contribution in [1.82, 2.24) is 9.80 Å². The minimum Gasteiger partial charge on any atom is -0.504 e. The van der Waals surface area contributed by atoms with Crippen LogP contribution >= 0.6 is 0 Å². The van der Waals surface area contributed by atoms with Gasteiger partial charge in [-0.2, -0.15) is 0 Å². The van der Waals surface area contributed by atoms with Gasteiger partial charge in [0.05, 0.1) is 52.8 Å². The molecule has 6 saturated carbocycles. The van der Waals surface area contributed by atoms with Gasteiger partial charge in [0.15, 0.2) is 41.0 Å². The van der Waals surface area contributed by atoms with Crippen LogP contribution in [0.4, 0.5) is 0 Å². The molecule has 69 heavy (non-hydrogen) atoms. The molecule has 15 nitrogen and oxygen atoms in total.